The molecule has 0 amide bonds. The SMILES string of the molecule is Cn1cnc2ccc(N)c(F)c2c1=O. The van der Waals surface area contributed by atoms with Gasteiger partial charge in [-0.1, -0.05) is 0 Å². The summed E-state index contributed by atoms with van der Waals surface area (Å²) in [6, 6.07) is 2.92. The molecule has 0 unspecified atom stereocenters. The molecule has 2 N–H and O–H groups in total. The number of aryl methyl sites for hydroxylation is 1. The monoisotopic (exact) mass is 193 g/mol. The number of anilines is 1. The molecule has 0 saturated heterocycles. The first-order chi connectivity index (χ1) is 6.61. The normalized spacial score (nSPS) is 10.7. The van der Waals surface area contributed by atoms with Crippen molar-refractivity contribution < 1.29 is 4.39 Å². The van der Waals surface area contributed by atoms with Crippen LogP contribution in [-0.2, 0) is 7.05 Å². The van der Waals surface area contributed by atoms with E-state index in [-0.39, 0.29) is 11.1 Å². The Bertz CT molecular complexity index is 556. The highest BCUT2D eigenvalue weighted by atomic mass is 19.1. The second-order valence-corrected chi connectivity index (χ2v) is 3.02. The summed E-state index contributed by atoms with van der Waals surface area (Å²) in [4.78, 5) is 15.4. The minimum Gasteiger partial charge on any atom is -0.396 e. The number of halogens is 1. The smallest absolute Gasteiger partial charge is 0.263 e. The minimum atomic E-state index is -0.698. The number of hydrogen-bond acceptors (Lipinski definition) is 3. The van der Waals surface area contributed by atoms with Crippen molar-refractivity contribution in [3.05, 3.63) is 34.6 Å². The lowest BCUT2D eigenvalue weighted by molar-refractivity contribution is 0.640. The molecule has 0 saturated carbocycles. The Morgan fingerprint density at radius 2 is 2.21 bits per heavy atom. The highest BCUT2D eigenvalue weighted by Crippen LogP contribution is 2.17. The predicted octanol–water partition coefficient (Wildman–Crippen LogP) is 0.655. The van der Waals surface area contributed by atoms with Gasteiger partial charge in [0, 0.05) is 7.05 Å². The van der Waals surface area contributed by atoms with Crippen molar-refractivity contribution in [1.82, 2.24) is 9.55 Å². The molecule has 0 spiro atoms. The second kappa shape index (κ2) is 2.80. The van der Waals surface area contributed by atoms with Crippen molar-refractivity contribution in [3.63, 3.8) is 0 Å². The molecule has 2 aromatic rings. The van der Waals surface area contributed by atoms with E-state index in [1.165, 1.54) is 30.1 Å². The molecule has 0 radical (unpaired) electrons. The largest absolute Gasteiger partial charge is 0.396 e. The van der Waals surface area contributed by atoms with Crippen LogP contribution < -0.4 is 11.3 Å². The van der Waals surface area contributed by atoms with Gasteiger partial charge >= 0.3 is 0 Å². The summed E-state index contributed by atoms with van der Waals surface area (Å²) in [6.07, 6.45) is 1.35. The lowest BCUT2D eigenvalue weighted by Gasteiger charge is -2.02. The molecule has 1 aromatic heterocycles. The Morgan fingerprint density at radius 1 is 1.50 bits per heavy atom. The van der Waals surface area contributed by atoms with Crippen molar-refractivity contribution in [2.75, 3.05) is 5.73 Å². The highest BCUT2D eigenvalue weighted by Gasteiger charge is 2.09. The summed E-state index contributed by atoms with van der Waals surface area (Å²) in [5.41, 5.74) is 5.20. The van der Waals surface area contributed by atoms with Crippen LogP contribution in [0.2, 0.25) is 0 Å². The molecule has 14 heavy (non-hydrogen) atoms. The molecule has 0 bridgehead atoms. The highest BCUT2D eigenvalue weighted by molar-refractivity contribution is 5.81. The maximum Gasteiger partial charge on any atom is 0.263 e. The predicted molar refractivity (Wildman–Crippen MR) is 51.4 cm³/mol. The molecular formula is C9H8FN3O. The van der Waals surface area contributed by atoms with Gasteiger partial charge in [0.25, 0.3) is 5.56 Å². The molecule has 4 nitrogen and oxygen atoms in total. The van der Waals surface area contributed by atoms with Gasteiger partial charge in [-0.25, -0.2) is 9.37 Å². The zero-order chi connectivity index (χ0) is 10.3. The number of benzene rings is 1. The maximum absolute atomic E-state index is 13.5. The topological polar surface area (TPSA) is 60.9 Å². The van der Waals surface area contributed by atoms with Gasteiger partial charge in [-0.15, -0.1) is 0 Å². The van der Waals surface area contributed by atoms with Crippen LogP contribution in [0.5, 0.6) is 0 Å². The second-order valence-electron chi connectivity index (χ2n) is 3.02. The summed E-state index contributed by atoms with van der Waals surface area (Å²) in [5.74, 6) is -0.698. The summed E-state index contributed by atoms with van der Waals surface area (Å²) < 4.78 is 14.7. The van der Waals surface area contributed by atoms with E-state index in [9.17, 15) is 9.18 Å². The quantitative estimate of drug-likeness (QED) is 0.625. The zero-order valence-electron chi connectivity index (χ0n) is 7.49. The third-order valence-corrected chi connectivity index (χ3v) is 2.05. The number of nitrogen functional groups attached to an aromatic ring is 1. The van der Waals surface area contributed by atoms with Gasteiger partial charge in [-0.3, -0.25) is 4.79 Å². The molecule has 1 heterocycles. The lowest BCUT2D eigenvalue weighted by atomic mass is 10.2. The molecule has 0 aliphatic heterocycles. The fourth-order valence-corrected chi connectivity index (χ4v) is 1.27. The van der Waals surface area contributed by atoms with E-state index < -0.39 is 11.4 Å². The average Bonchev–Trinajstić information content (AvgIpc) is 2.17. The first kappa shape index (κ1) is 8.68. The maximum atomic E-state index is 13.5. The first-order valence-corrected chi connectivity index (χ1v) is 4.00. The Hall–Kier alpha value is -1.91. The van der Waals surface area contributed by atoms with Crippen LogP contribution in [0, 0.1) is 5.82 Å². The van der Waals surface area contributed by atoms with E-state index in [1.807, 2.05) is 0 Å². The van der Waals surface area contributed by atoms with E-state index >= 15 is 0 Å². The van der Waals surface area contributed by atoms with E-state index in [0.717, 1.165) is 0 Å². The summed E-state index contributed by atoms with van der Waals surface area (Å²) in [6.45, 7) is 0. The lowest BCUT2D eigenvalue weighted by Crippen LogP contribution is -2.18. The fourth-order valence-electron chi connectivity index (χ4n) is 1.27. The Labute approximate surface area is 78.8 Å². The van der Waals surface area contributed by atoms with Crippen LogP contribution in [0.15, 0.2) is 23.3 Å². The van der Waals surface area contributed by atoms with Crippen LogP contribution in [0.25, 0.3) is 10.9 Å². The van der Waals surface area contributed by atoms with Crippen LogP contribution in [0.4, 0.5) is 10.1 Å². The van der Waals surface area contributed by atoms with Crippen molar-refractivity contribution >= 4 is 16.6 Å². The van der Waals surface area contributed by atoms with Crippen LogP contribution in [-0.4, -0.2) is 9.55 Å². The standard InChI is InChI=1S/C9H8FN3O/c1-13-4-12-6-3-2-5(11)8(10)7(6)9(13)14/h2-4H,11H2,1H3. The van der Waals surface area contributed by atoms with Gasteiger partial charge in [0.1, 0.15) is 5.39 Å². The Morgan fingerprint density at radius 3 is 2.93 bits per heavy atom. The van der Waals surface area contributed by atoms with Crippen molar-refractivity contribution in [1.29, 1.82) is 0 Å². The number of nitrogens with zero attached hydrogens (tertiary/aromatic N) is 2. The third-order valence-electron chi connectivity index (χ3n) is 2.05. The number of rotatable bonds is 0. The zero-order valence-corrected chi connectivity index (χ0v) is 7.49. The molecule has 0 aliphatic carbocycles. The van der Waals surface area contributed by atoms with Gasteiger partial charge in [0.15, 0.2) is 5.82 Å². The van der Waals surface area contributed by atoms with Gasteiger partial charge in [0.2, 0.25) is 0 Å². The molecular weight excluding hydrogens is 185 g/mol. The van der Waals surface area contributed by atoms with Gasteiger partial charge in [-0.2, -0.15) is 0 Å². The van der Waals surface area contributed by atoms with E-state index in [0.29, 0.717) is 5.52 Å². The minimum absolute atomic E-state index is 0.0393. The molecule has 2 rings (SSSR count). The van der Waals surface area contributed by atoms with E-state index in [1.54, 1.807) is 0 Å². The summed E-state index contributed by atoms with van der Waals surface area (Å²) in [5, 5.41) is -0.0602. The van der Waals surface area contributed by atoms with Gasteiger partial charge in [0.05, 0.1) is 17.5 Å². The number of fused-ring (bicyclic) bond motifs is 1. The van der Waals surface area contributed by atoms with Crippen molar-refractivity contribution in [2.24, 2.45) is 7.05 Å². The van der Waals surface area contributed by atoms with Gasteiger partial charge in [-0.05, 0) is 12.1 Å². The van der Waals surface area contributed by atoms with Crippen LogP contribution in [0.1, 0.15) is 0 Å². The number of hydrogen-bond donors (Lipinski definition) is 1. The van der Waals surface area contributed by atoms with Crippen LogP contribution >= 0.6 is 0 Å². The van der Waals surface area contributed by atoms with E-state index in [2.05, 4.69) is 4.98 Å². The molecule has 72 valence electrons. The fraction of sp³-hybridized carbons (Fsp3) is 0.111. The third kappa shape index (κ3) is 1.06. The molecule has 0 atom stereocenters. The number of nitrogens with two attached hydrogens (primary N) is 1. The van der Waals surface area contributed by atoms with Gasteiger partial charge < -0.3 is 10.3 Å². The summed E-state index contributed by atoms with van der Waals surface area (Å²) >= 11 is 0. The Kier molecular flexibility index (Phi) is 1.73. The van der Waals surface area contributed by atoms with E-state index in [4.69, 9.17) is 5.73 Å². The van der Waals surface area contributed by atoms with Crippen LogP contribution in [0.3, 0.4) is 0 Å². The summed E-state index contributed by atoms with van der Waals surface area (Å²) in [7, 11) is 1.51. The number of aromatic nitrogens is 2. The molecule has 5 heteroatoms. The van der Waals surface area contributed by atoms with Crippen molar-refractivity contribution in [3.8, 4) is 0 Å². The molecule has 1 aromatic carbocycles. The Balaban J connectivity index is 3.06. The average molecular weight is 193 g/mol. The van der Waals surface area contributed by atoms with Crippen molar-refractivity contribution in [2.45, 2.75) is 0 Å². The first-order valence-electron chi connectivity index (χ1n) is 4.00. The molecule has 0 aliphatic rings. The molecule has 0 fully saturated rings.